The largest absolute Gasteiger partial charge is 0.438 e. The molecule has 1 fully saturated rings. The lowest BCUT2D eigenvalue weighted by atomic mass is 10.4. The van der Waals surface area contributed by atoms with Gasteiger partial charge in [-0.25, -0.2) is 8.42 Å². The maximum absolute atomic E-state index is 12.7. The van der Waals surface area contributed by atoms with Gasteiger partial charge < -0.3 is 20.4 Å². The van der Waals surface area contributed by atoms with Crippen molar-refractivity contribution in [3.8, 4) is 0 Å². The predicted octanol–water partition coefficient (Wildman–Crippen LogP) is 1.35. The molecule has 0 spiro atoms. The van der Waals surface area contributed by atoms with Gasteiger partial charge in [0, 0.05) is 43.4 Å². The van der Waals surface area contributed by atoms with Crippen molar-refractivity contribution in [3.05, 3.63) is 48.2 Å². The lowest BCUT2D eigenvalue weighted by molar-refractivity contribution is 0.0968. The van der Waals surface area contributed by atoms with Gasteiger partial charge in [-0.2, -0.15) is 4.31 Å². The minimum Gasteiger partial charge on any atom is -0.438 e. The Labute approximate surface area is 179 Å². The van der Waals surface area contributed by atoms with Crippen LogP contribution in [0.5, 0.6) is 0 Å². The third-order valence-corrected chi connectivity index (χ3v) is 7.52. The van der Waals surface area contributed by atoms with Crippen LogP contribution in [0.25, 0.3) is 0 Å². The van der Waals surface area contributed by atoms with Crippen LogP contribution >= 0.6 is 24.0 Å². The van der Waals surface area contributed by atoms with E-state index in [1.54, 1.807) is 11.8 Å². The highest BCUT2D eigenvalue weighted by Crippen LogP contribution is 2.20. The minimum absolute atomic E-state index is 0.180. The van der Waals surface area contributed by atoms with Gasteiger partial charge in [0.05, 0.1) is 0 Å². The molecule has 1 aliphatic heterocycles. The van der Waals surface area contributed by atoms with Crippen LogP contribution in [-0.2, 0) is 10.0 Å². The topological polar surface area (TPSA) is 109 Å². The summed E-state index contributed by atoms with van der Waals surface area (Å²) in [5, 5.41) is 3.56. The molecule has 1 aromatic heterocycles. The van der Waals surface area contributed by atoms with E-state index in [1.807, 2.05) is 23.1 Å². The van der Waals surface area contributed by atoms with Crippen molar-refractivity contribution in [3.63, 3.8) is 0 Å². The first kappa shape index (κ1) is 21.6. The minimum atomic E-state index is -3.81. The standard InChI is InChI=1S/C18H22N4O4S3/c19-17(23)15-6-7-16(26-15)29(24,25)22-11-9-21(10-12-22)18(27)20-8-13-28-14-4-2-1-3-5-14/h1-7H,8-13H2,(H2,19,23)(H,20,27). The number of nitrogens with one attached hydrogen (secondary N) is 1. The zero-order valence-electron chi connectivity index (χ0n) is 15.6. The van der Waals surface area contributed by atoms with Gasteiger partial charge in [-0.15, -0.1) is 11.8 Å². The Bertz CT molecular complexity index is 954. The lowest BCUT2D eigenvalue weighted by Gasteiger charge is -2.35. The van der Waals surface area contributed by atoms with Gasteiger partial charge in [0.15, 0.2) is 10.9 Å². The number of benzene rings is 1. The fourth-order valence-electron chi connectivity index (χ4n) is 2.81. The van der Waals surface area contributed by atoms with Gasteiger partial charge in [-0.05, 0) is 36.5 Å². The van der Waals surface area contributed by atoms with E-state index in [0.29, 0.717) is 18.2 Å². The molecule has 3 N–H and O–H groups in total. The maximum atomic E-state index is 12.7. The van der Waals surface area contributed by atoms with E-state index in [-0.39, 0.29) is 23.9 Å². The van der Waals surface area contributed by atoms with E-state index in [2.05, 4.69) is 17.4 Å². The molecule has 1 aliphatic rings. The van der Waals surface area contributed by atoms with Gasteiger partial charge in [-0.3, -0.25) is 4.79 Å². The number of hydrogen-bond donors (Lipinski definition) is 2. The molecule has 2 heterocycles. The molecule has 0 bridgehead atoms. The summed E-state index contributed by atoms with van der Waals surface area (Å²) < 4.78 is 31.7. The fraction of sp³-hybridized carbons (Fsp3) is 0.333. The number of thioether (sulfide) groups is 1. The van der Waals surface area contributed by atoms with Crippen molar-refractivity contribution >= 4 is 45.0 Å². The molecule has 3 rings (SSSR count). The lowest BCUT2D eigenvalue weighted by Crippen LogP contribution is -2.53. The van der Waals surface area contributed by atoms with Crippen LogP contribution in [0.2, 0.25) is 0 Å². The molecule has 1 amide bonds. The Kier molecular flexibility index (Phi) is 7.17. The number of hydrogen-bond acceptors (Lipinski definition) is 6. The van der Waals surface area contributed by atoms with Crippen LogP contribution in [0, 0.1) is 0 Å². The van der Waals surface area contributed by atoms with Gasteiger partial charge in [0.2, 0.25) is 5.09 Å². The first-order valence-electron chi connectivity index (χ1n) is 8.98. The van der Waals surface area contributed by atoms with Crippen LogP contribution in [0.15, 0.2) is 56.9 Å². The number of primary amides is 1. The predicted molar refractivity (Wildman–Crippen MR) is 115 cm³/mol. The number of sulfonamides is 1. The van der Waals surface area contributed by atoms with Crippen molar-refractivity contribution in [2.45, 2.75) is 9.99 Å². The fourth-order valence-corrected chi connectivity index (χ4v) is 5.21. The molecular formula is C18H22N4O4S3. The number of rotatable bonds is 7. The smallest absolute Gasteiger partial charge is 0.284 e. The Hall–Kier alpha value is -2.08. The molecule has 0 atom stereocenters. The number of thiocarbonyl (C=S) groups is 1. The van der Waals surface area contributed by atoms with Gasteiger partial charge in [0.1, 0.15) is 0 Å². The Morgan fingerprint density at radius 1 is 1.14 bits per heavy atom. The average Bonchev–Trinajstić information content (AvgIpc) is 3.23. The molecule has 29 heavy (non-hydrogen) atoms. The Balaban J connectivity index is 1.45. The zero-order chi connectivity index (χ0) is 20.9. The molecule has 2 aromatic rings. The summed E-state index contributed by atoms with van der Waals surface area (Å²) in [5.41, 5.74) is 5.11. The summed E-state index contributed by atoms with van der Waals surface area (Å²) in [6, 6.07) is 12.6. The highest BCUT2D eigenvalue weighted by Gasteiger charge is 2.31. The van der Waals surface area contributed by atoms with E-state index >= 15 is 0 Å². The summed E-state index contributed by atoms with van der Waals surface area (Å²) in [6.07, 6.45) is 0. The summed E-state index contributed by atoms with van der Waals surface area (Å²) >= 11 is 7.17. The molecule has 1 saturated heterocycles. The molecule has 8 nitrogen and oxygen atoms in total. The maximum Gasteiger partial charge on any atom is 0.284 e. The molecule has 0 radical (unpaired) electrons. The number of nitrogens with zero attached hydrogens (tertiary/aromatic N) is 2. The molecule has 11 heteroatoms. The van der Waals surface area contributed by atoms with Crippen molar-refractivity contribution < 1.29 is 17.6 Å². The second-order valence-electron chi connectivity index (χ2n) is 6.27. The van der Waals surface area contributed by atoms with Crippen LogP contribution in [0.4, 0.5) is 0 Å². The average molecular weight is 455 g/mol. The van der Waals surface area contributed by atoms with Crippen LogP contribution in [0.3, 0.4) is 0 Å². The number of furan rings is 1. The quantitative estimate of drug-likeness (QED) is 0.367. The number of piperazine rings is 1. The Morgan fingerprint density at radius 2 is 1.83 bits per heavy atom. The van der Waals surface area contributed by atoms with Crippen molar-refractivity contribution in [2.24, 2.45) is 5.73 Å². The molecule has 1 aromatic carbocycles. The highest BCUT2D eigenvalue weighted by atomic mass is 32.2. The summed E-state index contributed by atoms with van der Waals surface area (Å²) in [4.78, 5) is 14.3. The molecule has 0 unspecified atom stereocenters. The van der Waals surface area contributed by atoms with E-state index in [4.69, 9.17) is 22.4 Å². The summed E-state index contributed by atoms with van der Waals surface area (Å²) in [6.45, 7) is 2.21. The number of nitrogens with two attached hydrogens (primary N) is 1. The van der Waals surface area contributed by atoms with E-state index in [9.17, 15) is 13.2 Å². The van der Waals surface area contributed by atoms with Gasteiger partial charge in [-0.1, -0.05) is 18.2 Å². The molecule has 0 aliphatic carbocycles. The SMILES string of the molecule is NC(=O)c1ccc(S(=O)(=O)N2CCN(C(=S)NCCSc3ccccc3)CC2)o1. The van der Waals surface area contributed by atoms with Crippen molar-refractivity contribution in [2.75, 3.05) is 38.5 Å². The first-order valence-corrected chi connectivity index (χ1v) is 11.8. The molecule has 156 valence electrons. The van der Waals surface area contributed by atoms with Crippen molar-refractivity contribution in [1.82, 2.24) is 14.5 Å². The van der Waals surface area contributed by atoms with E-state index in [1.165, 1.54) is 21.3 Å². The second-order valence-corrected chi connectivity index (χ2v) is 9.69. The third-order valence-electron chi connectivity index (χ3n) is 4.33. The third kappa shape index (κ3) is 5.50. The number of carbonyl (C=O) groups excluding carboxylic acids is 1. The van der Waals surface area contributed by atoms with Gasteiger partial charge >= 0.3 is 0 Å². The molecule has 0 saturated carbocycles. The zero-order valence-corrected chi connectivity index (χ0v) is 18.1. The molecular weight excluding hydrogens is 432 g/mol. The summed E-state index contributed by atoms with van der Waals surface area (Å²) in [7, 11) is -3.81. The summed E-state index contributed by atoms with van der Waals surface area (Å²) in [5.74, 6) is -0.113. The van der Waals surface area contributed by atoms with Gasteiger partial charge in [0.25, 0.3) is 15.9 Å². The second kappa shape index (κ2) is 9.61. The van der Waals surface area contributed by atoms with Crippen LogP contribution < -0.4 is 11.1 Å². The van der Waals surface area contributed by atoms with Crippen LogP contribution in [-0.4, -0.2) is 67.1 Å². The van der Waals surface area contributed by atoms with E-state index < -0.39 is 15.9 Å². The van der Waals surface area contributed by atoms with E-state index in [0.717, 1.165) is 12.3 Å². The van der Waals surface area contributed by atoms with Crippen LogP contribution in [0.1, 0.15) is 10.6 Å². The number of carbonyl (C=O) groups is 1. The first-order chi connectivity index (χ1) is 13.9. The normalized spacial score (nSPS) is 15.2. The monoisotopic (exact) mass is 454 g/mol. The number of amides is 1. The highest BCUT2D eigenvalue weighted by molar-refractivity contribution is 7.99. The Morgan fingerprint density at radius 3 is 2.45 bits per heavy atom. The van der Waals surface area contributed by atoms with Crippen molar-refractivity contribution in [1.29, 1.82) is 0 Å².